The SMILES string of the molecule is COc1ccc2[nH]c(C(F)F)c(C)c2c1. The molecule has 0 unspecified atom stereocenters. The number of aromatic nitrogens is 1. The standard InChI is InChI=1S/C11H11F2NO/c1-6-8-5-7(15-2)3-4-9(8)14-10(6)11(12)13/h3-5,11,14H,1-2H3. The highest BCUT2D eigenvalue weighted by Crippen LogP contribution is 2.30. The van der Waals surface area contributed by atoms with Crippen LogP contribution in [0.1, 0.15) is 17.7 Å². The summed E-state index contributed by atoms with van der Waals surface area (Å²) >= 11 is 0. The third-order valence-corrected chi connectivity index (χ3v) is 2.52. The molecule has 0 spiro atoms. The van der Waals surface area contributed by atoms with Crippen LogP contribution in [-0.2, 0) is 0 Å². The highest BCUT2D eigenvalue weighted by atomic mass is 19.3. The number of hydrogen-bond donors (Lipinski definition) is 1. The molecule has 0 aliphatic rings. The molecule has 0 atom stereocenters. The number of fused-ring (bicyclic) bond motifs is 1. The van der Waals surface area contributed by atoms with Crippen LogP contribution in [0.15, 0.2) is 18.2 Å². The monoisotopic (exact) mass is 211 g/mol. The minimum Gasteiger partial charge on any atom is -0.497 e. The van der Waals surface area contributed by atoms with E-state index in [-0.39, 0.29) is 5.69 Å². The van der Waals surface area contributed by atoms with Crippen LogP contribution >= 0.6 is 0 Å². The Balaban J connectivity index is 2.66. The lowest BCUT2D eigenvalue weighted by molar-refractivity contribution is 0.146. The molecular weight excluding hydrogens is 200 g/mol. The maximum Gasteiger partial charge on any atom is 0.278 e. The van der Waals surface area contributed by atoms with Crippen LogP contribution in [0.3, 0.4) is 0 Å². The van der Waals surface area contributed by atoms with Crippen molar-refractivity contribution in [2.75, 3.05) is 7.11 Å². The first-order chi connectivity index (χ1) is 7.13. The summed E-state index contributed by atoms with van der Waals surface area (Å²) in [6.45, 7) is 1.68. The quantitative estimate of drug-likeness (QED) is 0.808. The van der Waals surface area contributed by atoms with Crippen molar-refractivity contribution in [2.24, 2.45) is 0 Å². The van der Waals surface area contributed by atoms with Crippen molar-refractivity contribution in [3.8, 4) is 5.75 Å². The fourth-order valence-corrected chi connectivity index (χ4v) is 1.67. The van der Waals surface area contributed by atoms with Gasteiger partial charge in [-0.25, -0.2) is 8.78 Å². The zero-order valence-electron chi connectivity index (χ0n) is 8.47. The van der Waals surface area contributed by atoms with Gasteiger partial charge in [0.1, 0.15) is 5.75 Å². The lowest BCUT2D eigenvalue weighted by Gasteiger charge is -1.99. The average Bonchev–Trinajstić information content (AvgIpc) is 2.56. The second-order valence-corrected chi connectivity index (χ2v) is 3.38. The number of hydrogen-bond acceptors (Lipinski definition) is 1. The van der Waals surface area contributed by atoms with E-state index in [1.807, 2.05) is 0 Å². The van der Waals surface area contributed by atoms with Crippen molar-refractivity contribution < 1.29 is 13.5 Å². The molecule has 0 aliphatic heterocycles. The van der Waals surface area contributed by atoms with Gasteiger partial charge in [-0.3, -0.25) is 0 Å². The summed E-state index contributed by atoms with van der Waals surface area (Å²) in [5, 5.41) is 0.782. The second-order valence-electron chi connectivity index (χ2n) is 3.38. The normalized spacial score (nSPS) is 11.3. The zero-order valence-corrected chi connectivity index (χ0v) is 8.47. The van der Waals surface area contributed by atoms with Gasteiger partial charge in [0, 0.05) is 10.9 Å². The average molecular weight is 211 g/mol. The lowest BCUT2D eigenvalue weighted by Crippen LogP contribution is -1.85. The Labute approximate surface area is 85.9 Å². The number of aromatic amines is 1. The van der Waals surface area contributed by atoms with Crippen molar-refractivity contribution in [3.05, 3.63) is 29.5 Å². The summed E-state index contributed by atoms with van der Waals surface area (Å²) in [4.78, 5) is 2.71. The molecule has 1 N–H and O–H groups in total. The molecule has 1 aromatic carbocycles. The number of methoxy groups -OCH3 is 1. The molecule has 2 rings (SSSR count). The molecule has 0 bridgehead atoms. The van der Waals surface area contributed by atoms with Crippen LogP contribution in [0, 0.1) is 6.92 Å². The van der Waals surface area contributed by atoms with Crippen molar-refractivity contribution in [2.45, 2.75) is 13.3 Å². The number of rotatable bonds is 2. The van der Waals surface area contributed by atoms with Crippen LogP contribution in [0.25, 0.3) is 10.9 Å². The molecule has 4 heteroatoms. The molecule has 0 fully saturated rings. The van der Waals surface area contributed by atoms with E-state index in [9.17, 15) is 8.78 Å². The summed E-state index contributed by atoms with van der Waals surface area (Å²) in [6, 6.07) is 5.24. The fraction of sp³-hybridized carbons (Fsp3) is 0.273. The highest BCUT2D eigenvalue weighted by molar-refractivity contribution is 5.85. The van der Waals surface area contributed by atoms with E-state index < -0.39 is 6.43 Å². The van der Waals surface area contributed by atoms with Crippen LogP contribution in [0.4, 0.5) is 8.78 Å². The minimum atomic E-state index is -2.47. The van der Waals surface area contributed by atoms with Gasteiger partial charge in [-0.05, 0) is 30.7 Å². The van der Waals surface area contributed by atoms with Gasteiger partial charge in [-0.2, -0.15) is 0 Å². The van der Waals surface area contributed by atoms with E-state index >= 15 is 0 Å². The topological polar surface area (TPSA) is 25.0 Å². The van der Waals surface area contributed by atoms with Gasteiger partial charge in [0.05, 0.1) is 12.8 Å². The molecule has 2 nitrogen and oxygen atoms in total. The molecule has 80 valence electrons. The van der Waals surface area contributed by atoms with Crippen molar-refractivity contribution in [1.29, 1.82) is 0 Å². The second kappa shape index (κ2) is 3.53. The fourth-order valence-electron chi connectivity index (χ4n) is 1.67. The first-order valence-corrected chi connectivity index (χ1v) is 4.58. The van der Waals surface area contributed by atoms with Crippen LogP contribution in [-0.4, -0.2) is 12.1 Å². The number of alkyl halides is 2. The largest absolute Gasteiger partial charge is 0.497 e. The molecular formula is C11H11F2NO. The van der Waals surface area contributed by atoms with Crippen molar-refractivity contribution >= 4 is 10.9 Å². The molecule has 0 saturated carbocycles. The maximum atomic E-state index is 12.6. The Morgan fingerprint density at radius 3 is 2.67 bits per heavy atom. The van der Waals surface area contributed by atoms with Gasteiger partial charge in [-0.1, -0.05) is 0 Å². The summed E-state index contributed by atoms with van der Waals surface area (Å²) in [7, 11) is 1.55. The number of H-pyrrole nitrogens is 1. The number of nitrogens with one attached hydrogen (secondary N) is 1. The zero-order chi connectivity index (χ0) is 11.0. The lowest BCUT2D eigenvalue weighted by atomic mass is 10.1. The van der Waals surface area contributed by atoms with Gasteiger partial charge in [0.25, 0.3) is 6.43 Å². The Morgan fingerprint density at radius 2 is 2.07 bits per heavy atom. The smallest absolute Gasteiger partial charge is 0.278 e. The summed E-state index contributed by atoms with van der Waals surface area (Å²) in [6.07, 6.45) is -2.47. The third-order valence-electron chi connectivity index (χ3n) is 2.52. The first-order valence-electron chi connectivity index (χ1n) is 4.58. The predicted molar refractivity (Wildman–Crippen MR) is 54.5 cm³/mol. The van der Waals surface area contributed by atoms with Gasteiger partial charge in [0.2, 0.25) is 0 Å². The summed E-state index contributed by atoms with van der Waals surface area (Å²) in [5.74, 6) is 0.672. The third kappa shape index (κ3) is 1.56. The Bertz CT molecular complexity index is 491. The highest BCUT2D eigenvalue weighted by Gasteiger charge is 2.15. The molecule has 0 radical (unpaired) electrons. The van der Waals surface area contributed by atoms with Gasteiger partial charge in [-0.15, -0.1) is 0 Å². The van der Waals surface area contributed by atoms with Crippen molar-refractivity contribution in [3.63, 3.8) is 0 Å². The Morgan fingerprint density at radius 1 is 1.33 bits per heavy atom. The Kier molecular flexibility index (Phi) is 2.34. The minimum absolute atomic E-state index is 0.0155. The number of benzene rings is 1. The number of halogens is 2. The maximum absolute atomic E-state index is 12.6. The molecule has 0 saturated heterocycles. The van der Waals surface area contributed by atoms with E-state index in [0.717, 1.165) is 5.39 Å². The predicted octanol–water partition coefficient (Wildman–Crippen LogP) is 3.42. The van der Waals surface area contributed by atoms with E-state index in [4.69, 9.17) is 4.74 Å². The number of ether oxygens (including phenoxy) is 1. The van der Waals surface area contributed by atoms with Crippen LogP contribution in [0.5, 0.6) is 5.75 Å². The van der Waals surface area contributed by atoms with Crippen LogP contribution in [0.2, 0.25) is 0 Å². The van der Waals surface area contributed by atoms with Gasteiger partial charge < -0.3 is 9.72 Å². The van der Waals surface area contributed by atoms with E-state index in [1.54, 1.807) is 32.2 Å². The molecule has 0 aliphatic carbocycles. The Hall–Kier alpha value is -1.58. The van der Waals surface area contributed by atoms with E-state index in [2.05, 4.69) is 4.98 Å². The van der Waals surface area contributed by atoms with Crippen molar-refractivity contribution in [1.82, 2.24) is 4.98 Å². The molecule has 1 heterocycles. The summed E-state index contributed by atoms with van der Waals surface area (Å²) in [5.41, 5.74) is 1.28. The van der Waals surface area contributed by atoms with E-state index in [1.165, 1.54) is 0 Å². The molecule has 0 amide bonds. The first kappa shape index (κ1) is 9.96. The van der Waals surface area contributed by atoms with Gasteiger partial charge in [0.15, 0.2) is 0 Å². The molecule has 1 aromatic heterocycles. The number of aryl methyl sites for hydroxylation is 1. The molecule has 2 aromatic rings. The molecule has 15 heavy (non-hydrogen) atoms. The van der Waals surface area contributed by atoms with Crippen LogP contribution < -0.4 is 4.74 Å². The van der Waals surface area contributed by atoms with Gasteiger partial charge >= 0.3 is 0 Å². The summed E-state index contributed by atoms with van der Waals surface area (Å²) < 4.78 is 30.2. The van der Waals surface area contributed by atoms with E-state index in [0.29, 0.717) is 16.8 Å².